The summed E-state index contributed by atoms with van der Waals surface area (Å²) < 4.78 is 11.1. The van der Waals surface area contributed by atoms with Crippen molar-refractivity contribution in [2.75, 3.05) is 26.4 Å². The first-order valence-electron chi connectivity index (χ1n) is 7.94. The molecule has 0 spiro atoms. The predicted octanol–water partition coefficient (Wildman–Crippen LogP) is 1.60. The van der Waals surface area contributed by atoms with Crippen LogP contribution >= 0.6 is 0 Å². The molecule has 1 aliphatic carbocycles. The molecular weight excluding hydrogens is 256 g/mol. The topological polar surface area (TPSA) is 73.6 Å². The SMILES string of the molecule is CCCOCCC(=O)NCCCOC1CCC(N)CC1. The first kappa shape index (κ1) is 17.4. The number of ether oxygens (including phenoxy) is 2. The number of carbonyl (C=O) groups is 1. The lowest BCUT2D eigenvalue weighted by Crippen LogP contribution is -2.31. The monoisotopic (exact) mass is 286 g/mol. The fourth-order valence-electron chi connectivity index (χ4n) is 2.30. The molecule has 0 aromatic carbocycles. The molecule has 0 aliphatic heterocycles. The Hall–Kier alpha value is -0.650. The summed E-state index contributed by atoms with van der Waals surface area (Å²) in [6, 6.07) is 0.365. The maximum absolute atomic E-state index is 11.5. The van der Waals surface area contributed by atoms with Crippen molar-refractivity contribution in [1.82, 2.24) is 5.32 Å². The molecule has 0 aromatic rings. The van der Waals surface area contributed by atoms with Gasteiger partial charge in [-0.3, -0.25) is 4.79 Å². The maximum atomic E-state index is 11.5. The lowest BCUT2D eigenvalue weighted by Gasteiger charge is -2.26. The Bertz CT molecular complexity index is 254. The van der Waals surface area contributed by atoms with E-state index in [2.05, 4.69) is 12.2 Å². The van der Waals surface area contributed by atoms with Crippen molar-refractivity contribution in [3.05, 3.63) is 0 Å². The van der Waals surface area contributed by atoms with Crippen LogP contribution in [0.5, 0.6) is 0 Å². The molecule has 1 fully saturated rings. The Balaban J connectivity index is 1.87. The highest BCUT2D eigenvalue weighted by Crippen LogP contribution is 2.19. The van der Waals surface area contributed by atoms with E-state index in [9.17, 15) is 4.79 Å². The first-order chi connectivity index (χ1) is 9.72. The van der Waals surface area contributed by atoms with Crippen LogP contribution in [0, 0.1) is 0 Å². The summed E-state index contributed by atoms with van der Waals surface area (Å²) in [6.45, 7) is 4.69. The highest BCUT2D eigenvalue weighted by molar-refractivity contribution is 5.75. The Labute approximate surface area is 122 Å². The quantitative estimate of drug-likeness (QED) is 0.598. The van der Waals surface area contributed by atoms with Crippen molar-refractivity contribution < 1.29 is 14.3 Å². The van der Waals surface area contributed by atoms with Crippen LogP contribution in [0.4, 0.5) is 0 Å². The first-order valence-corrected chi connectivity index (χ1v) is 7.94. The number of rotatable bonds is 10. The smallest absolute Gasteiger partial charge is 0.222 e. The zero-order valence-electron chi connectivity index (χ0n) is 12.7. The van der Waals surface area contributed by atoms with E-state index in [1.165, 1.54) is 0 Å². The number of nitrogens with two attached hydrogens (primary N) is 1. The minimum absolute atomic E-state index is 0.0599. The van der Waals surface area contributed by atoms with Crippen molar-refractivity contribution in [2.45, 2.75) is 64.0 Å². The zero-order valence-corrected chi connectivity index (χ0v) is 12.7. The zero-order chi connectivity index (χ0) is 14.6. The molecule has 3 N–H and O–H groups in total. The molecule has 1 rings (SSSR count). The van der Waals surface area contributed by atoms with E-state index in [4.69, 9.17) is 15.2 Å². The normalized spacial score (nSPS) is 22.7. The minimum atomic E-state index is 0.0599. The van der Waals surface area contributed by atoms with Gasteiger partial charge in [-0.15, -0.1) is 0 Å². The Morgan fingerprint density at radius 2 is 1.95 bits per heavy atom. The van der Waals surface area contributed by atoms with Crippen molar-refractivity contribution in [3.63, 3.8) is 0 Å². The van der Waals surface area contributed by atoms with Gasteiger partial charge in [-0.05, 0) is 38.5 Å². The maximum Gasteiger partial charge on any atom is 0.222 e. The van der Waals surface area contributed by atoms with Crippen LogP contribution in [0.1, 0.15) is 51.9 Å². The van der Waals surface area contributed by atoms with Gasteiger partial charge in [0, 0.05) is 32.2 Å². The number of amides is 1. The minimum Gasteiger partial charge on any atom is -0.381 e. The lowest BCUT2D eigenvalue weighted by atomic mass is 9.94. The summed E-state index contributed by atoms with van der Waals surface area (Å²) in [4.78, 5) is 11.5. The molecule has 1 aliphatic rings. The summed E-state index contributed by atoms with van der Waals surface area (Å²) >= 11 is 0. The molecule has 0 heterocycles. The summed E-state index contributed by atoms with van der Waals surface area (Å²) in [5.41, 5.74) is 5.85. The third-order valence-corrected chi connectivity index (χ3v) is 3.54. The summed E-state index contributed by atoms with van der Waals surface area (Å²) in [6.07, 6.45) is 6.95. The van der Waals surface area contributed by atoms with Gasteiger partial charge in [0.25, 0.3) is 0 Å². The van der Waals surface area contributed by atoms with Gasteiger partial charge in [0.05, 0.1) is 12.7 Å². The Kier molecular flexibility index (Phi) is 9.62. The summed E-state index contributed by atoms with van der Waals surface area (Å²) in [7, 11) is 0. The molecule has 5 nitrogen and oxygen atoms in total. The standard InChI is InChI=1S/C15H30N2O3/c1-2-10-19-12-8-15(18)17-9-3-11-20-14-6-4-13(16)5-7-14/h13-14H,2-12,16H2,1H3,(H,17,18). The van der Waals surface area contributed by atoms with E-state index in [1.54, 1.807) is 0 Å². The summed E-state index contributed by atoms with van der Waals surface area (Å²) in [5.74, 6) is 0.0599. The molecule has 0 atom stereocenters. The van der Waals surface area contributed by atoms with Gasteiger partial charge in [-0.25, -0.2) is 0 Å². The van der Waals surface area contributed by atoms with Crippen LogP contribution in [0.2, 0.25) is 0 Å². The van der Waals surface area contributed by atoms with E-state index in [0.29, 0.717) is 38.3 Å². The van der Waals surface area contributed by atoms with Gasteiger partial charge in [0.2, 0.25) is 5.91 Å². The van der Waals surface area contributed by atoms with Crippen molar-refractivity contribution >= 4 is 5.91 Å². The van der Waals surface area contributed by atoms with Gasteiger partial charge >= 0.3 is 0 Å². The van der Waals surface area contributed by atoms with Gasteiger partial charge in [0.15, 0.2) is 0 Å². The average Bonchev–Trinajstić information content (AvgIpc) is 2.45. The molecule has 0 radical (unpaired) electrons. The highest BCUT2D eigenvalue weighted by atomic mass is 16.5. The average molecular weight is 286 g/mol. The second-order valence-electron chi connectivity index (χ2n) is 5.47. The van der Waals surface area contributed by atoms with Crippen LogP contribution in [0.3, 0.4) is 0 Å². The second-order valence-corrected chi connectivity index (χ2v) is 5.47. The second kappa shape index (κ2) is 11.1. The highest BCUT2D eigenvalue weighted by Gasteiger charge is 2.18. The number of hydrogen-bond acceptors (Lipinski definition) is 4. The molecule has 5 heteroatoms. The molecule has 0 aromatic heterocycles. The molecular formula is C15H30N2O3. The fourth-order valence-corrected chi connectivity index (χ4v) is 2.30. The molecule has 1 amide bonds. The van der Waals surface area contributed by atoms with Crippen LogP contribution in [-0.2, 0) is 14.3 Å². The molecule has 0 saturated heterocycles. The van der Waals surface area contributed by atoms with Gasteiger partial charge in [-0.1, -0.05) is 6.92 Å². The van der Waals surface area contributed by atoms with Gasteiger partial charge in [-0.2, -0.15) is 0 Å². The van der Waals surface area contributed by atoms with E-state index < -0.39 is 0 Å². The third kappa shape index (κ3) is 8.51. The third-order valence-electron chi connectivity index (χ3n) is 3.54. The fraction of sp³-hybridized carbons (Fsp3) is 0.933. The Morgan fingerprint density at radius 3 is 2.65 bits per heavy atom. The molecule has 0 bridgehead atoms. The van der Waals surface area contributed by atoms with Crippen molar-refractivity contribution in [3.8, 4) is 0 Å². The van der Waals surface area contributed by atoms with Crippen LogP contribution in [-0.4, -0.2) is 44.4 Å². The number of carbonyl (C=O) groups excluding carboxylic acids is 1. The van der Waals surface area contributed by atoms with E-state index in [1.807, 2.05) is 0 Å². The van der Waals surface area contributed by atoms with Crippen LogP contribution in [0.25, 0.3) is 0 Å². The van der Waals surface area contributed by atoms with E-state index >= 15 is 0 Å². The largest absolute Gasteiger partial charge is 0.381 e. The lowest BCUT2D eigenvalue weighted by molar-refractivity contribution is -0.122. The van der Waals surface area contributed by atoms with E-state index in [0.717, 1.165) is 45.1 Å². The Morgan fingerprint density at radius 1 is 1.20 bits per heavy atom. The number of nitrogens with one attached hydrogen (secondary N) is 1. The van der Waals surface area contributed by atoms with Gasteiger partial charge in [0.1, 0.15) is 0 Å². The van der Waals surface area contributed by atoms with Gasteiger partial charge < -0.3 is 20.5 Å². The van der Waals surface area contributed by atoms with Crippen LogP contribution in [0.15, 0.2) is 0 Å². The molecule has 118 valence electrons. The van der Waals surface area contributed by atoms with Crippen molar-refractivity contribution in [2.24, 2.45) is 5.73 Å². The number of hydrogen-bond donors (Lipinski definition) is 2. The van der Waals surface area contributed by atoms with Crippen molar-refractivity contribution in [1.29, 1.82) is 0 Å². The van der Waals surface area contributed by atoms with E-state index in [-0.39, 0.29) is 5.91 Å². The predicted molar refractivity (Wildman–Crippen MR) is 79.5 cm³/mol. The molecule has 0 unspecified atom stereocenters. The van der Waals surface area contributed by atoms with Crippen LogP contribution < -0.4 is 11.1 Å². The molecule has 1 saturated carbocycles. The molecule has 20 heavy (non-hydrogen) atoms. The summed E-state index contributed by atoms with van der Waals surface area (Å²) in [5, 5.41) is 2.89.